The average molecular weight is 160 g/mol. The maximum atomic E-state index is 5.36. The zero-order valence-electron chi connectivity index (χ0n) is 7.04. The largest absolute Gasteiger partial charge is 0.353 e. The lowest BCUT2D eigenvalue weighted by molar-refractivity contribution is -0.0866. The molecule has 0 saturated carbocycles. The third kappa shape index (κ3) is 3.70. The van der Waals surface area contributed by atoms with Crippen molar-refractivity contribution in [3.8, 4) is 0 Å². The quantitative estimate of drug-likeness (QED) is 0.626. The molecule has 0 aromatic carbocycles. The van der Waals surface area contributed by atoms with Crippen molar-refractivity contribution in [3.63, 3.8) is 0 Å². The van der Waals surface area contributed by atoms with Crippen molar-refractivity contribution in [2.45, 2.75) is 32.3 Å². The molecule has 3 heteroatoms. The lowest BCUT2D eigenvalue weighted by Gasteiger charge is -2.11. The van der Waals surface area contributed by atoms with E-state index in [2.05, 4.69) is 6.92 Å². The molecular formula is C8H16O3. The van der Waals surface area contributed by atoms with Gasteiger partial charge in [0.25, 0.3) is 0 Å². The summed E-state index contributed by atoms with van der Waals surface area (Å²) >= 11 is 0. The van der Waals surface area contributed by atoms with Crippen LogP contribution < -0.4 is 0 Å². The molecule has 1 fully saturated rings. The van der Waals surface area contributed by atoms with Crippen molar-refractivity contribution < 1.29 is 14.2 Å². The summed E-state index contributed by atoms with van der Waals surface area (Å²) in [6.07, 6.45) is 3.74. The van der Waals surface area contributed by atoms with Gasteiger partial charge in [0.15, 0.2) is 0 Å². The number of rotatable bonds is 3. The van der Waals surface area contributed by atoms with E-state index in [9.17, 15) is 0 Å². The fraction of sp³-hybridized carbons (Fsp3) is 1.00. The van der Waals surface area contributed by atoms with Gasteiger partial charge in [-0.15, -0.1) is 0 Å². The van der Waals surface area contributed by atoms with Crippen LogP contribution in [0.1, 0.15) is 26.2 Å². The molecule has 0 spiro atoms. The molecule has 0 bridgehead atoms. The maximum absolute atomic E-state index is 5.36. The lowest BCUT2D eigenvalue weighted by atomic mass is 10.2. The molecule has 0 N–H and O–H groups in total. The molecular weight excluding hydrogens is 144 g/mol. The zero-order chi connectivity index (χ0) is 7.94. The summed E-state index contributed by atoms with van der Waals surface area (Å²) in [6.45, 7) is 3.62. The molecule has 0 aromatic rings. The Morgan fingerprint density at radius 3 is 3.00 bits per heavy atom. The summed E-state index contributed by atoms with van der Waals surface area (Å²) < 4.78 is 15.5. The zero-order valence-corrected chi connectivity index (χ0v) is 7.04. The SMILES string of the molecule is CCCCC1COCOCO1. The summed E-state index contributed by atoms with van der Waals surface area (Å²) in [6, 6.07) is 0. The summed E-state index contributed by atoms with van der Waals surface area (Å²) in [5.41, 5.74) is 0. The van der Waals surface area contributed by atoms with E-state index in [0.29, 0.717) is 20.2 Å². The van der Waals surface area contributed by atoms with Crippen molar-refractivity contribution in [2.75, 3.05) is 20.2 Å². The second-order valence-corrected chi connectivity index (χ2v) is 2.74. The molecule has 0 aliphatic carbocycles. The number of hydrogen-bond acceptors (Lipinski definition) is 3. The molecule has 1 aliphatic rings. The molecule has 1 heterocycles. The summed E-state index contributed by atoms with van der Waals surface area (Å²) in [5.74, 6) is 0. The highest BCUT2D eigenvalue weighted by atomic mass is 16.8. The summed E-state index contributed by atoms with van der Waals surface area (Å²) in [5, 5.41) is 0. The van der Waals surface area contributed by atoms with Crippen molar-refractivity contribution in [2.24, 2.45) is 0 Å². The van der Waals surface area contributed by atoms with Crippen molar-refractivity contribution in [1.82, 2.24) is 0 Å². The Hall–Kier alpha value is -0.120. The molecule has 66 valence electrons. The second kappa shape index (κ2) is 5.52. The van der Waals surface area contributed by atoms with Crippen LogP contribution in [0, 0.1) is 0 Å². The average Bonchev–Trinajstić information content (AvgIpc) is 2.28. The number of hydrogen-bond donors (Lipinski definition) is 0. The van der Waals surface area contributed by atoms with Gasteiger partial charge in [-0.3, -0.25) is 0 Å². The van der Waals surface area contributed by atoms with Gasteiger partial charge in [0.2, 0.25) is 0 Å². The Labute approximate surface area is 67.6 Å². The molecule has 0 aromatic heterocycles. The van der Waals surface area contributed by atoms with Gasteiger partial charge in [0.05, 0.1) is 12.7 Å². The minimum atomic E-state index is 0.248. The predicted octanol–water partition coefficient (Wildman–Crippen LogP) is 1.52. The van der Waals surface area contributed by atoms with E-state index in [1.165, 1.54) is 12.8 Å². The van der Waals surface area contributed by atoms with Crippen LogP contribution in [0.5, 0.6) is 0 Å². The van der Waals surface area contributed by atoms with Crippen LogP contribution in [0.25, 0.3) is 0 Å². The first-order valence-corrected chi connectivity index (χ1v) is 4.20. The van der Waals surface area contributed by atoms with E-state index in [-0.39, 0.29) is 6.10 Å². The van der Waals surface area contributed by atoms with E-state index in [1.807, 2.05) is 0 Å². The molecule has 1 saturated heterocycles. The van der Waals surface area contributed by atoms with E-state index >= 15 is 0 Å². The highest BCUT2D eigenvalue weighted by Gasteiger charge is 2.11. The predicted molar refractivity (Wildman–Crippen MR) is 41.2 cm³/mol. The third-order valence-electron chi connectivity index (χ3n) is 1.74. The van der Waals surface area contributed by atoms with Crippen LogP contribution in [-0.4, -0.2) is 26.3 Å². The van der Waals surface area contributed by atoms with Gasteiger partial charge in [-0.2, -0.15) is 0 Å². The Bertz CT molecular complexity index is 87.3. The fourth-order valence-electron chi connectivity index (χ4n) is 1.06. The smallest absolute Gasteiger partial charge is 0.150 e. The number of unbranched alkanes of at least 4 members (excludes halogenated alkanes) is 1. The van der Waals surface area contributed by atoms with E-state index in [0.717, 1.165) is 6.42 Å². The first-order valence-electron chi connectivity index (χ1n) is 4.20. The Kier molecular flexibility index (Phi) is 4.50. The molecule has 0 amide bonds. The molecule has 1 aliphatic heterocycles. The minimum Gasteiger partial charge on any atom is -0.353 e. The van der Waals surface area contributed by atoms with Gasteiger partial charge in [0.1, 0.15) is 13.6 Å². The normalized spacial score (nSPS) is 26.5. The number of ether oxygens (including phenoxy) is 3. The highest BCUT2D eigenvalue weighted by Crippen LogP contribution is 2.07. The first-order chi connectivity index (χ1) is 5.43. The van der Waals surface area contributed by atoms with Crippen molar-refractivity contribution in [3.05, 3.63) is 0 Å². The first kappa shape index (κ1) is 8.97. The standard InChI is InChI=1S/C8H16O3/c1-2-3-4-8-5-9-6-10-7-11-8/h8H,2-7H2,1H3. The molecule has 1 unspecified atom stereocenters. The Morgan fingerprint density at radius 1 is 1.27 bits per heavy atom. The van der Waals surface area contributed by atoms with Gasteiger partial charge < -0.3 is 14.2 Å². The summed E-state index contributed by atoms with van der Waals surface area (Å²) in [4.78, 5) is 0. The van der Waals surface area contributed by atoms with E-state index in [4.69, 9.17) is 14.2 Å². The van der Waals surface area contributed by atoms with Gasteiger partial charge >= 0.3 is 0 Å². The van der Waals surface area contributed by atoms with Crippen LogP contribution in [0.4, 0.5) is 0 Å². The monoisotopic (exact) mass is 160 g/mol. The highest BCUT2D eigenvalue weighted by molar-refractivity contribution is 4.56. The van der Waals surface area contributed by atoms with Crippen LogP contribution in [0.3, 0.4) is 0 Å². The van der Waals surface area contributed by atoms with Crippen LogP contribution in [0.15, 0.2) is 0 Å². The molecule has 1 atom stereocenters. The molecule has 3 nitrogen and oxygen atoms in total. The molecule has 11 heavy (non-hydrogen) atoms. The van der Waals surface area contributed by atoms with E-state index in [1.54, 1.807) is 0 Å². The summed E-state index contributed by atoms with van der Waals surface area (Å²) in [7, 11) is 0. The second-order valence-electron chi connectivity index (χ2n) is 2.74. The van der Waals surface area contributed by atoms with Gasteiger partial charge in [-0.05, 0) is 6.42 Å². The van der Waals surface area contributed by atoms with Crippen LogP contribution in [0.2, 0.25) is 0 Å². The molecule has 0 radical (unpaired) electrons. The fourth-order valence-corrected chi connectivity index (χ4v) is 1.06. The topological polar surface area (TPSA) is 27.7 Å². The minimum absolute atomic E-state index is 0.248. The Balaban J connectivity index is 2.09. The molecule has 1 rings (SSSR count). The van der Waals surface area contributed by atoms with Gasteiger partial charge in [-0.1, -0.05) is 19.8 Å². The Morgan fingerprint density at radius 2 is 2.18 bits per heavy atom. The van der Waals surface area contributed by atoms with E-state index < -0.39 is 0 Å². The van der Waals surface area contributed by atoms with Crippen molar-refractivity contribution in [1.29, 1.82) is 0 Å². The maximum Gasteiger partial charge on any atom is 0.150 e. The lowest BCUT2D eigenvalue weighted by Crippen LogP contribution is -2.17. The third-order valence-corrected chi connectivity index (χ3v) is 1.74. The van der Waals surface area contributed by atoms with Gasteiger partial charge in [-0.25, -0.2) is 0 Å². The van der Waals surface area contributed by atoms with Gasteiger partial charge in [0, 0.05) is 0 Å². The van der Waals surface area contributed by atoms with Crippen LogP contribution in [-0.2, 0) is 14.2 Å². The van der Waals surface area contributed by atoms with Crippen molar-refractivity contribution >= 4 is 0 Å². The van der Waals surface area contributed by atoms with Crippen LogP contribution >= 0.6 is 0 Å².